The molecule has 0 radical (unpaired) electrons. The lowest BCUT2D eigenvalue weighted by Gasteiger charge is -2.31. The first-order chi connectivity index (χ1) is 13.5. The fraction of sp³-hybridized carbons (Fsp3) is 0.500. The van der Waals surface area contributed by atoms with Crippen molar-refractivity contribution in [1.82, 2.24) is 24.6 Å². The molecule has 0 spiro atoms. The highest BCUT2D eigenvalue weighted by Gasteiger charge is 2.23. The summed E-state index contributed by atoms with van der Waals surface area (Å²) in [4.78, 5) is 11.8. The Balaban J connectivity index is 1.43. The lowest BCUT2D eigenvalue weighted by molar-refractivity contribution is 0.195. The Morgan fingerprint density at radius 2 is 1.93 bits per heavy atom. The van der Waals surface area contributed by atoms with Gasteiger partial charge < -0.3 is 9.09 Å². The topological polar surface area (TPSA) is 60.0 Å². The molecule has 6 nitrogen and oxygen atoms in total. The number of imidazole rings is 1. The molecular formula is C22H29N5O. The van der Waals surface area contributed by atoms with Gasteiger partial charge in [0.25, 0.3) is 0 Å². The van der Waals surface area contributed by atoms with Crippen molar-refractivity contribution >= 4 is 0 Å². The fourth-order valence-electron chi connectivity index (χ4n) is 4.25. The van der Waals surface area contributed by atoms with E-state index in [1.165, 1.54) is 5.69 Å². The number of hydrogen-bond donors (Lipinski definition) is 0. The Kier molecular flexibility index (Phi) is 5.31. The highest BCUT2D eigenvalue weighted by Crippen LogP contribution is 2.32. The average molecular weight is 380 g/mol. The van der Waals surface area contributed by atoms with E-state index in [2.05, 4.69) is 56.8 Å². The van der Waals surface area contributed by atoms with E-state index in [4.69, 9.17) is 4.52 Å². The largest absolute Gasteiger partial charge is 0.361 e. The third-order valence-electron chi connectivity index (χ3n) is 5.78. The monoisotopic (exact) mass is 379 g/mol. The second-order valence-corrected chi connectivity index (χ2v) is 8.06. The summed E-state index contributed by atoms with van der Waals surface area (Å²) in [5.74, 6) is 2.53. The lowest BCUT2D eigenvalue weighted by atomic mass is 9.91. The van der Waals surface area contributed by atoms with Gasteiger partial charge in [-0.1, -0.05) is 5.16 Å². The van der Waals surface area contributed by atoms with Crippen LogP contribution >= 0.6 is 0 Å². The van der Waals surface area contributed by atoms with Crippen LogP contribution in [0.15, 0.2) is 35.2 Å². The quantitative estimate of drug-likeness (QED) is 0.653. The molecule has 3 aromatic heterocycles. The number of likely N-dealkylation sites (tertiary alicyclic amines) is 1. The van der Waals surface area contributed by atoms with Crippen molar-refractivity contribution in [1.29, 1.82) is 0 Å². The standard InChI is InChI=1S/C22H29N5O/c1-15(2)27-12-9-24-21(27)14-26-10-6-18(7-11-26)20-13-19(5-8-23-20)22-16(3)25-28-17(22)4/h5,8-9,12-13,15,18H,6-7,10-11,14H2,1-4H3. The molecule has 0 atom stereocenters. The van der Waals surface area contributed by atoms with E-state index >= 15 is 0 Å². The average Bonchev–Trinajstić information content (AvgIpc) is 3.29. The first-order valence-electron chi connectivity index (χ1n) is 10.2. The smallest absolute Gasteiger partial charge is 0.141 e. The molecule has 1 aliphatic heterocycles. The molecule has 1 fully saturated rings. The van der Waals surface area contributed by atoms with E-state index in [0.29, 0.717) is 12.0 Å². The van der Waals surface area contributed by atoms with Crippen molar-refractivity contribution < 1.29 is 4.52 Å². The van der Waals surface area contributed by atoms with Crippen LogP contribution in [-0.2, 0) is 6.54 Å². The number of hydrogen-bond acceptors (Lipinski definition) is 5. The molecule has 28 heavy (non-hydrogen) atoms. The zero-order valence-electron chi connectivity index (χ0n) is 17.2. The molecule has 6 heteroatoms. The van der Waals surface area contributed by atoms with Crippen LogP contribution in [0.3, 0.4) is 0 Å². The molecule has 0 aromatic carbocycles. The summed E-state index contributed by atoms with van der Waals surface area (Å²) in [7, 11) is 0. The Bertz CT molecular complexity index is 915. The van der Waals surface area contributed by atoms with Gasteiger partial charge in [-0.3, -0.25) is 9.88 Å². The van der Waals surface area contributed by atoms with Gasteiger partial charge in [0.2, 0.25) is 0 Å². The maximum atomic E-state index is 5.34. The highest BCUT2D eigenvalue weighted by atomic mass is 16.5. The maximum Gasteiger partial charge on any atom is 0.141 e. The highest BCUT2D eigenvalue weighted by molar-refractivity contribution is 5.67. The van der Waals surface area contributed by atoms with E-state index in [1.54, 1.807) is 0 Å². The Hall–Kier alpha value is -2.47. The predicted octanol–water partition coefficient (Wildman–Crippen LogP) is 4.51. The van der Waals surface area contributed by atoms with Crippen LogP contribution < -0.4 is 0 Å². The SMILES string of the molecule is Cc1noc(C)c1-c1ccnc(C2CCN(Cc3nccn3C(C)C)CC2)c1. The molecule has 1 saturated heterocycles. The van der Waals surface area contributed by atoms with Gasteiger partial charge in [-0.25, -0.2) is 4.98 Å². The van der Waals surface area contributed by atoms with E-state index in [0.717, 1.165) is 60.9 Å². The van der Waals surface area contributed by atoms with Crippen molar-refractivity contribution in [2.75, 3.05) is 13.1 Å². The second-order valence-electron chi connectivity index (χ2n) is 8.06. The zero-order valence-corrected chi connectivity index (χ0v) is 17.2. The second kappa shape index (κ2) is 7.87. The van der Waals surface area contributed by atoms with Crippen LogP contribution in [0.4, 0.5) is 0 Å². The Morgan fingerprint density at radius 3 is 2.61 bits per heavy atom. The molecule has 0 aliphatic carbocycles. The number of rotatable bonds is 5. The normalized spacial score (nSPS) is 16.2. The molecule has 1 aliphatic rings. The summed E-state index contributed by atoms with van der Waals surface area (Å²) in [6.07, 6.45) is 8.16. The number of pyridine rings is 1. The summed E-state index contributed by atoms with van der Waals surface area (Å²) < 4.78 is 7.61. The third-order valence-corrected chi connectivity index (χ3v) is 5.78. The molecule has 0 bridgehead atoms. The minimum Gasteiger partial charge on any atom is -0.361 e. The molecule has 3 aromatic rings. The van der Waals surface area contributed by atoms with Crippen LogP contribution in [0.2, 0.25) is 0 Å². The molecule has 0 unspecified atom stereocenters. The van der Waals surface area contributed by atoms with Gasteiger partial charge >= 0.3 is 0 Å². The minimum absolute atomic E-state index is 0.450. The molecule has 148 valence electrons. The summed E-state index contributed by atoms with van der Waals surface area (Å²) in [5.41, 5.74) is 4.37. The maximum absolute atomic E-state index is 5.34. The van der Waals surface area contributed by atoms with E-state index in [-0.39, 0.29) is 0 Å². The van der Waals surface area contributed by atoms with E-state index in [1.807, 2.05) is 26.2 Å². The van der Waals surface area contributed by atoms with Crippen molar-refractivity contribution in [3.63, 3.8) is 0 Å². The summed E-state index contributed by atoms with van der Waals surface area (Å²) in [6.45, 7) is 11.4. The van der Waals surface area contributed by atoms with E-state index < -0.39 is 0 Å². The van der Waals surface area contributed by atoms with Gasteiger partial charge in [-0.05, 0) is 71.3 Å². The number of piperidine rings is 1. The van der Waals surface area contributed by atoms with Gasteiger partial charge in [0.1, 0.15) is 11.6 Å². The minimum atomic E-state index is 0.450. The Morgan fingerprint density at radius 1 is 1.14 bits per heavy atom. The van der Waals surface area contributed by atoms with Crippen LogP contribution in [0, 0.1) is 13.8 Å². The number of nitrogens with zero attached hydrogens (tertiary/aromatic N) is 5. The van der Waals surface area contributed by atoms with Gasteiger partial charge in [-0.15, -0.1) is 0 Å². The van der Waals surface area contributed by atoms with Crippen molar-refractivity contribution in [2.45, 2.75) is 59.0 Å². The van der Waals surface area contributed by atoms with Crippen LogP contribution in [-0.4, -0.2) is 37.7 Å². The predicted molar refractivity (Wildman–Crippen MR) is 109 cm³/mol. The van der Waals surface area contributed by atoms with Crippen molar-refractivity contribution in [2.24, 2.45) is 0 Å². The van der Waals surface area contributed by atoms with E-state index in [9.17, 15) is 0 Å². The molecule has 0 N–H and O–H groups in total. The zero-order chi connectivity index (χ0) is 19.7. The van der Waals surface area contributed by atoms with Gasteiger partial charge in [0.05, 0.1) is 12.2 Å². The first kappa shape index (κ1) is 18.9. The van der Waals surface area contributed by atoms with Crippen molar-refractivity contribution in [3.8, 4) is 11.1 Å². The third kappa shape index (κ3) is 3.74. The molecule has 0 saturated carbocycles. The summed E-state index contributed by atoms with van der Waals surface area (Å²) in [5, 5.41) is 4.09. The summed E-state index contributed by atoms with van der Waals surface area (Å²) >= 11 is 0. The molecular weight excluding hydrogens is 350 g/mol. The Labute approximate surface area is 166 Å². The van der Waals surface area contributed by atoms with Gasteiger partial charge in [-0.2, -0.15) is 0 Å². The van der Waals surface area contributed by atoms with Crippen LogP contribution in [0.1, 0.15) is 61.6 Å². The lowest BCUT2D eigenvalue weighted by Crippen LogP contribution is -2.33. The number of aromatic nitrogens is 4. The van der Waals surface area contributed by atoms with Gasteiger partial charge in [0, 0.05) is 41.8 Å². The molecule has 4 heterocycles. The van der Waals surface area contributed by atoms with Gasteiger partial charge in [0.15, 0.2) is 0 Å². The number of aryl methyl sites for hydroxylation is 2. The summed E-state index contributed by atoms with van der Waals surface area (Å²) in [6, 6.07) is 4.72. The van der Waals surface area contributed by atoms with Crippen molar-refractivity contribution in [3.05, 3.63) is 53.7 Å². The van der Waals surface area contributed by atoms with Crippen LogP contribution in [0.5, 0.6) is 0 Å². The first-order valence-corrected chi connectivity index (χ1v) is 10.2. The van der Waals surface area contributed by atoms with Crippen LogP contribution in [0.25, 0.3) is 11.1 Å². The fourth-order valence-corrected chi connectivity index (χ4v) is 4.25. The molecule has 4 rings (SSSR count). The molecule has 0 amide bonds.